The zero-order valence-corrected chi connectivity index (χ0v) is 11.6. The number of nitrogens with zero attached hydrogens (tertiary/aromatic N) is 1. The topological polar surface area (TPSA) is 49.4 Å². The van der Waals surface area contributed by atoms with Gasteiger partial charge in [0.05, 0.1) is 0 Å². The average molecular weight is 278 g/mol. The van der Waals surface area contributed by atoms with Crippen molar-refractivity contribution in [3.05, 3.63) is 35.6 Å². The molecule has 108 valence electrons. The van der Waals surface area contributed by atoms with Gasteiger partial charge in [-0.05, 0) is 36.5 Å². The zero-order valence-electron chi connectivity index (χ0n) is 11.6. The van der Waals surface area contributed by atoms with Crippen LogP contribution in [0.5, 0.6) is 0 Å². The molecule has 1 aliphatic heterocycles. The van der Waals surface area contributed by atoms with Gasteiger partial charge < -0.3 is 10.2 Å². The molecule has 1 aromatic carbocycles. The fraction of sp³-hybridized carbons (Fsp3) is 0.467. The van der Waals surface area contributed by atoms with Crippen LogP contribution in [0.2, 0.25) is 0 Å². The van der Waals surface area contributed by atoms with Gasteiger partial charge in [0, 0.05) is 19.6 Å². The van der Waals surface area contributed by atoms with Crippen LogP contribution >= 0.6 is 0 Å². The molecular formula is C15H19FN2O2. The van der Waals surface area contributed by atoms with Gasteiger partial charge in [0.15, 0.2) is 0 Å². The molecule has 0 bridgehead atoms. The molecule has 0 spiro atoms. The van der Waals surface area contributed by atoms with E-state index in [9.17, 15) is 14.0 Å². The molecule has 1 aromatic rings. The van der Waals surface area contributed by atoms with Crippen LogP contribution in [0.15, 0.2) is 24.3 Å². The lowest BCUT2D eigenvalue weighted by atomic mass is 10.0. The van der Waals surface area contributed by atoms with Gasteiger partial charge in [-0.1, -0.05) is 19.1 Å². The van der Waals surface area contributed by atoms with Crippen molar-refractivity contribution in [3.8, 4) is 0 Å². The lowest BCUT2D eigenvalue weighted by molar-refractivity contribution is -0.147. The normalized spacial score (nSPS) is 18.7. The van der Waals surface area contributed by atoms with Gasteiger partial charge in [0.25, 0.3) is 0 Å². The molecule has 0 aromatic heterocycles. The second kappa shape index (κ2) is 6.50. The monoisotopic (exact) mass is 278 g/mol. The number of rotatable bonds is 2. The van der Waals surface area contributed by atoms with E-state index in [1.54, 1.807) is 17.0 Å². The number of carbonyl (C=O) groups excluding carboxylic acids is 2. The Morgan fingerprint density at radius 3 is 2.70 bits per heavy atom. The quantitative estimate of drug-likeness (QED) is 0.837. The number of halogens is 1. The van der Waals surface area contributed by atoms with Gasteiger partial charge in [0.1, 0.15) is 5.82 Å². The second-order valence-electron chi connectivity index (χ2n) is 5.31. The van der Waals surface area contributed by atoms with E-state index >= 15 is 0 Å². The minimum Gasteiger partial charge on any atom is -0.344 e. The highest BCUT2D eigenvalue weighted by Gasteiger charge is 2.25. The molecule has 5 heteroatoms. The van der Waals surface area contributed by atoms with E-state index in [1.807, 2.05) is 0 Å². The molecule has 1 N–H and O–H groups in total. The highest BCUT2D eigenvalue weighted by molar-refractivity contribution is 6.34. The predicted molar refractivity (Wildman–Crippen MR) is 73.2 cm³/mol. The summed E-state index contributed by atoms with van der Waals surface area (Å²) in [5.74, 6) is -0.946. The van der Waals surface area contributed by atoms with E-state index in [0.717, 1.165) is 18.4 Å². The Labute approximate surface area is 118 Å². The van der Waals surface area contributed by atoms with Crippen molar-refractivity contribution in [2.45, 2.75) is 26.3 Å². The van der Waals surface area contributed by atoms with Crippen LogP contribution in [-0.4, -0.2) is 29.8 Å². The molecule has 1 unspecified atom stereocenters. The number of likely N-dealkylation sites (tertiary alicyclic amines) is 1. The molecule has 1 saturated heterocycles. The van der Waals surface area contributed by atoms with Crippen molar-refractivity contribution < 1.29 is 14.0 Å². The first-order chi connectivity index (χ1) is 9.56. The van der Waals surface area contributed by atoms with Crippen molar-refractivity contribution in [1.29, 1.82) is 0 Å². The van der Waals surface area contributed by atoms with Crippen LogP contribution in [0, 0.1) is 11.7 Å². The van der Waals surface area contributed by atoms with Gasteiger partial charge in [-0.3, -0.25) is 9.59 Å². The van der Waals surface area contributed by atoms with Gasteiger partial charge in [-0.25, -0.2) is 4.39 Å². The summed E-state index contributed by atoms with van der Waals surface area (Å²) in [6, 6.07) is 5.83. The van der Waals surface area contributed by atoms with Crippen LogP contribution in [0.1, 0.15) is 25.3 Å². The number of hydrogen-bond donors (Lipinski definition) is 1. The summed E-state index contributed by atoms with van der Waals surface area (Å²) in [7, 11) is 0. The summed E-state index contributed by atoms with van der Waals surface area (Å²) in [4.78, 5) is 25.4. The molecule has 1 atom stereocenters. The van der Waals surface area contributed by atoms with Crippen LogP contribution < -0.4 is 5.32 Å². The number of benzene rings is 1. The van der Waals surface area contributed by atoms with Crippen molar-refractivity contribution >= 4 is 11.8 Å². The number of carbonyl (C=O) groups is 2. The fourth-order valence-corrected chi connectivity index (χ4v) is 2.38. The molecular weight excluding hydrogens is 259 g/mol. The molecule has 2 rings (SSSR count). The van der Waals surface area contributed by atoms with Crippen molar-refractivity contribution in [2.24, 2.45) is 5.92 Å². The first-order valence-electron chi connectivity index (χ1n) is 6.88. The summed E-state index contributed by atoms with van der Waals surface area (Å²) in [6.45, 7) is 3.60. The van der Waals surface area contributed by atoms with Crippen LogP contribution in [0.3, 0.4) is 0 Å². The molecule has 2 amide bonds. The molecule has 4 nitrogen and oxygen atoms in total. The number of amides is 2. The Balaban J connectivity index is 1.84. The fourth-order valence-electron chi connectivity index (χ4n) is 2.38. The molecule has 0 aliphatic carbocycles. The van der Waals surface area contributed by atoms with E-state index in [0.29, 0.717) is 19.0 Å². The summed E-state index contributed by atoms with van der Waals surface area (Å²) >= 11 is 0. The minimum atomic E-state index is -0.594. The third-order valence-electron chi connectivity index (χ3n) is 3.50. The largest absolute Gasteiger partial charge is 0.344 e. The lowest BCUT2D eigenvalue weighted by Gasteiger charge is -2.30. The maximum atomic E-state index is 12.7. The summed E-state index contributed by atoms with van der Waals surface area (Å²) in [5.41, 5.74) is 0.763. The maximum absolute atomic E-state index is 12.7. The first-order valence-corrected chi connectivity index (χ1v) is 6.88. The van der Waals surface area contributed by atoms with E-state index in [-0.39, 0.29) is 12.4 Å². The smallest absolute Gasteiger partial charge is 0.311 e. The van der Waals surface area contributed by atoms with Gasteiger partial charge in [-0.2, -0.15) is 0 Å². The molecule has 1 heterocycles. The van der Waals surface area contributed by atoms with Crippen LogP contribution in [0.4, 0.5) is 4.39 Å². The van der Waals surface area contributed by atoms with Crippen molar-refractivity contribution in [2.75, 3.05) is 13.1 Å². The van der Waals surface area contributed by atoms with Gasteiger partial charge >= 0.3 is 11.8 Å². The van der Waals surface area contributed by atoms with Crippen LogP contribution in [-0.2, 0) is 16.1 Å². The van der Waals surface area contributed by atoms with Gasteiger partial charge in [-0.15, -0.1) is 0 Å². The third-order valence-corrected chi connectivity index (χ3v) is 3.50. The lowest BCUT2D eigenvalue weighted by Crippen LogP contribution is -2.46. The second-order valence-corrected chi connectivity index (χ2v) is 5.31. The summed E-state index contributed by atoms with van der Waals surface area (Å²) < 4.78 is 12.7. The van der Waals surface area contributed by atoms with E-state index in [4.69, 9.17) is 0 Å². The number of hydrogen-bond acceptors (Lipinski definition) is 2. The van der Waals surface area contributed by atoms with E-state index in [1.165, 1.54) is 12.1 Å². The molecule has 0 radical (unpaired) electrons. The van der Waals surface area contributed by atoms with E-state index < -0.39 is 11.8 Å². The zero-order chi connectivity index (χ0) is 14.5. The summed E-state index contributed by atoms with van der Waals surface area (Å²) in [6.07, 6.45) is 2.04. The highest BCUT2D eigenvalue weighted by Crippen LogP contribution is 2.15. The van der Waals surface area contributed by atoms with Crippen LogP contribution in [0.25, 0.3) is 0 Å². The Kier molecular flexibility index (Phi) is 4.71. The summed E-state index contributed by atoms with van der Waals surface area (Å²) in [5, 5.41) is 2.58. The average Bonchev–Trinajstić information content (AvgIpc) is 2.45. The SMILES string of the molecule is CC1CCCN(C(=O)C(=O)NCc2ccc(F)cc2)C1. The van der Waals surface area contributed by atoms with Gasteiger partial charge in [0.2, 0.25) is 0 Å². The van der Waals surface area contributed by atoms with E-state index in [2.05, 4.69) is 12.2 Å². The third kappa shape index (κ3) is 3.79. The first kappa shape index (κ1) is 14.5. The Bertz CT molecular complexity index is 487. The number of piperidine rings is 1. The molecule has 1 fully saturated rings. The maximum Gasteiger partial charge on any atom is 0.311 e. The Hall–Kier alpha value is -1.91. The Morgan fingerprint density at radius 2 is 2.05 bits per heavy atom. The number of nitrogens with one attached hydrogen (secondary N) is 1. The highest BCUT2D eigenvalue weighted by atomic mass is 19.1. The molecule has 20 heavy (non-hydrogen) atoms. The van der Waals surface area contributed by atoms with Crippen molar-refractivity contribution in [1.82, 2.24) is 10.2 Å². The Morgan fingerprint density at radius 1 is 1.35 bits per heavy atom. The standard InChI is InChI=1S/C15H19FN2O2/c1-11-3-2-8-18(10-11)15(20)14(19)17-9-12-4-6-13(16)7-5-12/h4-7,11H,2-3,8-10H2,1H3,(H,17,19). The van der Waals surface area contributed by atoms with Crippen molar-refractivity contribution in [3.63, 3.8) is 0 Å². The predicted octanol–water partition coefficient (Wildman–Crippen LogP) is 1.70. The molecule has 0 saturated carbocycles. The molecule has 1 aliphatic rings. The minimum absolute atomic E-state index is 0.230.